The fourth-order valence-corrected chi connectivity index (χ4v) is 5.51. The number of amides is 1. The lowest BCUT2D eigenvalue weighted by molar-refractivity contribution is -0.0161. The van der Waals surface area contributed by atoms with Gasteiger partial charge in [0.05, 0.1) is 12.3 Å². The third kappa shape index (κ3) is 4.89. The van der Waals surface area contributed by atoms with Crippen molar-refractivity contribution in [1.29, 1.82) is 0 Å². The number of aromatic nitrogens is 2. The van der Waals surface area contributed by atoms with E-state index in [9.17, 15) is 9.18 Å². The molecule has 0 aliphatic carbocycles. The molecule has 0 radical (unpaired) electrons. The van der Waals surface area contributed by atoms with Crippen LogP contribution in [-0.4, -0.2) is 78.7 Å². The van der Waals surface area contributed by atoms with Gasteiger partial charge in [-0.25, -0.2) is 23.5 Å². The van der Waals surface area contributed by atoms with E-state index in [4.69, 9.17) is 19.9 Å². The van der Waals surface area contributed by atoms with Gasteiger partial charge in [-0.1, -0.05) is 0 Å². The van der Waals surface area contributed by atoms with Crippen molar-refractivity contribution in [2.75, 3.05) is 55.8 Å². The summed E-state index contributed by atoms with van der Waals surface area (Å²) in [5, 5.41) is 6.77. The number of nitrogens with two attached hydrogens (primary N) is 1. The smallest absolute Gasteiger partial charge is 0.413 e. The number of hydrogen-bond donors (Lipinski definition) is 3. The Hall–Kier alpha value is -3.77. The van der Waals surface area contributed by atoms with Crippen LogP contribution >= 0.6 is 0 Å². The molecular formula is C27H30F2N6O4. The maximum absolute atomic E-state index is 15.4. The van der Waals surface area contributed by atoms with Crippen molar-refractivity contribution in [3.05, 3.63) is 35.9 Å². The van der Waals surface area contributed by atoms with Crippen LogP contribution in [0.2, 0.25) is 0 Å². The van der Waals surface area contributed by atoms with Gasteiger partial charge in [-0.05, 0) is 36.4 Å². The summed E-state index contributed by atoms with van der Waals surface area (Å²) in [6.07, 6.45) is 1.27. The summed E-state index contributed by atoms with van der Waals surface area (Å²) in [5.41, 5.74) is 8.40. The van der Waals surface area contributed by atoms with Crippen molar-refractivity contribution in [1.82, 2.24) is 14.9 Å². The molecule has 39 heavy (non-hydrogen) atoms. The van der Waals surface area contributed by atoms with Gasteiger partial charge >= 0.3 is 6.09 Å². The minimum atomic E-state index is -1.30. The Bertz CT molecular complexity index is 1420. The molecule has 0 spiro atoms. The number of rotatable bonds is 4. The Kier molecular flexibility index (Phi) is 6.81. The minimum absolute atomic E-state index is 0.0647. The van der Waals surface area contributed by atoms with Gasteiger partial charge in [0.2, 0.25) is 5.88 Å². The van der Waals surface area contributed by atoms with E-state index >= 15 is 4.39 Å². The number of carbonyl (C=O) groups is 1. The van der Waals surface area contributed by atoms with Gasteiger partial charge in [-0.2, -0.15) is 0 Å². The monoisotopic (exact) mass is 540 g/mol. The van der Waals surface area contributed by atoms with Crippen molar-refractivity contribution in [3.63, 3.8) is 0 Å². The minimum Gasteiger partial charge on any atom is -0.474 e. The molecule has 1 aromatic carbocycles. The third-order valence-corrected chi connectivity index (χ3v) is 7.66. The fourth-order valence-electron chi connectivity index (χ4n) is 5.51. The van der Waals surface area contributed by atoms with Crippen LogP contribution < -0.4 is 21.1 Å². The normalized spacial score (nSPS) is 23.1. The zero-order chi connectivity index (χ0) is 27.1. The van der Waals surface area contributed by atoms with E-state index in [1.54, 1.807) is 18.3 Å². The zero-order valence-electron chi connectivity index (χ0n) is 21.5. The number of halogens is 2. The number of piperidine rings is 1. The molecule has 3 aromatic rings. The summed E-state index contributed by atoms with van der Waals surface area (Å²) < 4.78 is 46.6. The second kappa shape index (κ2) is 10.4. The molecule has 0 saturated carbocycles. The van der Waals surface area contributed by atoms with E-state index in [1.807, 2.05) is 6.92 Å². The molecule has 0 unspecified atom stereocenters. The Balaban J connectivity index is 1.20. The number of ether oxygens (including phenoxy) is 3. The predicted octanol–water partition coefficient (Wildman–Crippen LogP) is 3.88. The Morgan fingerprint density at radius 2 is 2.10 bits per heavy atom. The standard InChI is InChI=1S/C27H30F2N6O4/c1-14-18(10-33-26-25(14)31-4-7-38-26)17-8-15-9-22(32-11-19(15)24(30)23(17)29)34-27(36)39-21-2-5-35(12-20(21)28)16-3-6-37-13-16/h8-11,16,20-21,31H,2-7,12-13,30H2,1H3,(H,32,34,36)/t16-,20+,21-/m0/s1. The summed E-state index contributed by atoms with van der Waals surface area (Å²) in [6.45, 7) is 5.11. The molecular weight excluding hydrogens is 510 g/mol. The number of anilines is 3. The van der Waals surface area contributed by atoms with E-state index in [0.717, 1.165) is 12.0 Å². The second-order valence-electron chi connectivity index (χ2n) is 10.1. The van der Waals surface area contributed by atoms with Crippen LogP contribution in [0.25, 0.3) is 21.9 Å². The Morgan fingerprint density at radius 3 is 2.90 bits per heavy atom. The maximum atomic E-state index is 15.4. The Labute approximate surface area is 223 Å². The third-order valence-electron chi connectivity index (χ3n) is 7.66. The number of likely N-dealkylation sites (tertiary alicyclic amines) is 1. The van der Waals surface area contributed by atoms with Crippen LogP contribution in [0.5, 0.6) is 5.88 Å². The quantitative estimate of drug-likeness (QED) is 0.423. The van der Waals surface area contributed by atoms with Crippen molar-refractivity contribution >= 4 is 34.1 Å². The molecule has 2 saturated heterocycles. The first-order chi connectivity index (χ1) is 18.9. The van der Waals surface area contributed by atoms with E-state index in [-0.39, 0.29) is 29.7 Å². The summed E-state index contributed by atoms with van der Waals surface area (Å²) in [7, 11) is 0. The van der Waals surface area contributed by atoms with Crippen LogP contribution in [0.1, 0.15) is 18.4 Å². The molecule has 6 rings (SSSR count). The predicted molar refractivity (Wildman–Crippen MR) is 142 cm³/mol. The van der Waals surface area contributed by atoms with Gasteiger partial charge < -0.3 is 25.3 Å². The highest BCUT2D eigenvalue weighted by Gasteiger charge is 2.36. The molecule has 12 heteroatoms. The lowest BCUT2D eigenvalue weighted by Crippen LogP contribution is -2.50. The molecule has 10 nitrogen and oxygen atoms in total. The molecule has 0 bridgehead atoms. The van der Waals surface area contributed by atoms with Gasteiger partial charge in [-0.15, -0.1) is 0 Å². The van der Waals surface area contributed by atoms with Crippen molar-refractivity contribution in [3.8, 4) is 17.0 Å². The first kappa shape index (κ1) is 25.5. The molecule has 4 N–H and O–H groups in total. The fraction of sp³-hybridized carbons (Fsp3) is 0.444. The van der Waals surface area contributed by atoms with Crippen molar-refractivity contribution in [2.45, 2.75) is 38.1 Å². The second-order valence-corrected chi connectivity index (χ2v) is 10.1. The van der Waals surface area contributed by atoms with Crippen LogP contribution in [0.3, 0.4) is 0 Å². The molecule has 2 fully saturated rings. The topological polar surface area (TPSA) is 124 Å². The van der Waals surface area contributed by atoms with Crippen LogP contribution in [-0.2, 0) is 9.47 Å². The first-order valence-corrected chi connectivity index (χ1v) is 13.1. The molecule has 3 aliphatic heterocycles. The van der Waals surface area contributed by atoms with Crippen LogP contribution in [0.4, 0.5) is 30.8 Å². The van der Waals surface area contributed by atoms with Gasteiger partial charge in [0.25, 0.3) is 0 Å². The molecule has 2 aromatic heterocycles. The largest absolute Gasteiger partial charge is 0.474 e. The van der Waals surface area contributed by atoms with E-state index in [1.165, 1.54) is 6.20 Å². The molecule has 3 atom stereocenters. The number of pyridine rings is 2. The Morgan fingerprint density at radius 1 is 1.23 bits per heavy atom. The zero-order valence-corrected chi connectivity index (χ0v) is 21.5. The number of nitrogens with zero attached hydrogens (tertiary/aromatic N) is 3. The van der Waals surface area contributed by atoms with E-state index < -0.39 is 24.2 Å². The summed E-state index contributed by atoms with van der Waals surface area (Å²) in [4.78, 5) is 23.2. The average molecular weight is 541 g/mol. The maximum Gasteiger partial charge on any atom is 0.413 e. The number of carbonyl (C=O) groups excluding carboxylic acids is 1. The summed E-state index contributed by atoms with van der Waals surface area (Å²) >= 11 is 0. The molecule has 1 amide bonds. The van der Waals surface area contributed by atoms with Gasteiger partial charge in [0, 0.05) is 67.6 Å². The summed E-state index contributed by atoms with van der Waals surface area (Å²) in [6, 6.07) is 3.43. The van der Waals surface area contributed by atoms with E-state index in [2.05, 4.69) is 25.5 Å². The SMILES string of the molecule is Cc1c(-c2cc3cc(NC(=O)O[C@H]4CCN([C@H]5CCOC5)C[C@H]4F)ncc3c(N)c2F)cnc2c1NCCO2. The van der Waals surface area contributed by atoms with Crippen molar-refractivity contribution in [2.24, 2.45) is 0 Å². The van der Waals surface area contributed by atoms with Crippen LogP contribution in [0, 0.1) is 12.7 Å². The van der Waals surface area contributed by atoms with Crippen LogP contribution in [0.15, 0.2) is 24.5 Å². The number of hydrogen-bond acceptors (Lipinski definition) is 9. The summed E-state index contributed by atoms with van der Waals surface area (Å²) in [5.74, 6) is 0.0610. The number of nitrogen functional groups attached to an aromatic ring is 1. The molecule has 5 heterocycles. The first-order valence-electron chi connectivity index (χ1n) is 13.1. The van der Waals surface area contributed by atoms with Crippen molar-refractivity contribution < 1.29 is 27.8 Å². The molecule has 206 valence electrons. The van der Waals surface area contributed by atoms with Gasteiger partial charge in [0.15, 0.2) is 5.82 Å². The number of alkyl halides is 1. The lowest BCUT2D eigenvalue weighted by atomic mass is 9.97. The van der Waals surface area contributed by atoms with Gasteiger partial charge in [0.1, 0.15) is 30.4 Å². The van der Waals surface area contributed by atoms with E-state index in [0.29, 0.717) is 67.2 Å². The highest BCUT2D eigenvalue weighted by Crippen LogP contribution is 2.39. The lowest BCUT2D eigenvalue weighted by Gasteiger charge is -2.37. The highest BCUT2D eigenvalue weighted by atomic mass is 19.1. The average Bonchev–Trinajstić information content (AvgIpc) is 3.48. The number of nitrogens with one attached hydrogen (secondary N) is 2. The number of benzene rings is 1. The number of fused-ring (bicyclic) bond motifs is 2. The van der Waals surface area contributed by atoms with Gasteiger partial charge in [-0.3, -0.25) is 10.2 Å². The molecule has 3 aliphatic rings. The highest BCUT2D eigenvalue weighted by molar-refractivity contribution is 5.99.